The Morgan fingerprint density at radius 2 is 2.22 bits per heavy atom. The molecule has 3 rings (SSSR count). The normalized spacial score (nSPS) is 20.0. The van der Waals surface area contributed by atoms with Crippen LogP contribution in [0.2, 0.25) is 0 Å². The highest BCUT2D eigenvalue weighted by atomic mass is 35.5. The Kier molecular flexibility index (Phi) is 7.06. The molecular weight excluding hydrogens is 335 g/mol. The van der Waals surface area contributed by atoms with Crippen molar-refractivity contribution in [1.82, 2.24) is 14.9 Å². The zero-order valence-electron chi connectivity index (χ0n) is 13.0. The molecule has 2 N–H and O–H groups in total. The average Bonchev–Trinajstić information content (AvgIpc) is 3.02. The molecule has 0 radical (unpaired) electrons. The second-order valence-corrected chi connectivity index (χ2v) is 5.82. The number of amides is 1. The Bertz CT molecular complexity index is 625. The van der Waals surface area contributed by atoms with Crippen LogP contribution < -0.4 is 10.6 Å². The maximum atomic E-state index is 12.5. The summed E-state index contributed by atoms with van der Waals surface area (Å²) in [5, 5.41) is 6.34. The van der Waals surface area contributed by atoms with Crippen LogP contribution in [0.4, 0.5) is 5.69 Å². The van der Waals surface area contributed by atoms with Crippen molar-refractivity contribution in [2.45, 2.75) is 19.8 Å². The number of hydrogen-bond acceptors (Lipinski definition) is 3. The van der Waals surface area contributed by atoms with Gasteiger partial charge in [-0.2, -0.15) is 0 Å². The number of piperidine rings is 1. The molecule has 0 bridgehead atoms. The van der Waals surface area contributed by atoms with Crippen LogP contribution in [0, 0.1) is 5.41 Å². The molecule has 2 aromatic rings. The van der Waals surface area contributed by atoms with Gasteiger partial charge in [0.25, 0.3) is 0 Å². The van der Waals surface area contributed by atoms with E-state index in [1.807, 2.05) is 42.0 Å². The minimum absolute atomic E-state index is 0. The van der Waals surface area contributed by atoms with Gasteiger partial charge in [-0.3, -0.25) is 4.79 Å². The summed E-state index contributed by atoms with van der Waals surface area (Å²) in [6.07, 6.45) is 7.33. The van der Waals surface area contributed by atoms with Crippen molar-refractivity contribution in [2.24, 2.45) is 5.41 Å². The van der Waals surface area contributed by atoms with Gasteiger partial charge in [-0.25, -0.2) is 4.98 Å². The predicted octanol–water partition coefficient (Wildman–Crippen LogP) is 3.04. The van der Waals surface area contributed by atoms with Gasteiger partial charge in [0.15, 0.2) is 0 Å². The van der Waals surface area contributed by atoms with Crippen LogP contribution in [0.3, 0.4) is 0 Å². The first-order valence-corrected chi connectivity index (χ1v) is 7.28. The van der Waals surface area contributed by atoms with Crippen molar-refractivity contribution >= 4 is 36.4 Å². The summed E-state index contributed by atoms with van der Waals surface area (Å²) in [4.78, 5) is 16.6. The van der Waals surface area contributed by atoms with E-state index in [4.69, 9.17) is 0 Å². The first kappa shape index (κ1) is 19.5. The van der Waals surface area contributed by atoms with Crippen LogP contribution in [-0.2, 0) is 4.79 Å². The molecule has 1 aromatic carbocycles. The number of hydrogen-bond donors (Lipinski definition) is 2. The van der Waals surface area contributed by atoms with Gasteiger partial charge in [-0.1, -0.05) is 6.07 Å². The van der Waals surface area contributed by atoms with Gasteiger partial charge in [-0.15, -0.1) is 24.8 Å². The lowest BCUT2D eigenvalue weighted by molar-refractivity contribution is -0.125. The zero-order valence-corrected chi connectivity index (χ0v) is 14.6. The van der Waals surface area contributed by atoms with Gasteiger partial charge in [0.2, 0.25) is 5.91 Å². The molecule has 1 aliphatic heterocycles. The quantitative estimate of drug-likeness (QED) is 0.888. The summed E-state index contributed by atoms with van der Waals surface area (Å²) in [6.45, 7) is 3.76. The molecule has 1 unspecified atom stereocenters. The van der Waals surface area contributed by atoms with Crippen molar-refractivity contribution in [3.05, 3.63) is 43.0 Å². The largest absolute Gasteiger partial charge is 0.326 e. The Balaban J connectivity index is 0.00000132. The van der Waals surface area contributed by atoms with Gasteiger partial charge in [0, 0.05) is 30.3 Å². The number of rotatable bonds is 3. The van der Waals surface area contributed by atoms with Gasteiger partial charge in [-0.05, 0) is 44.5 Å². The van der Waals surface area contributed by atoms with Crippen LogP contribution in [0.15, 0.2) is 43.0 Å². The van der Waals surface area contributed by atoms with E-state index in [0.717, 1.165) is 37.3 Å². The molecule has 7 heteroatoms. The van der Waals surface area contributed by atoms with Crippen LogP contribution in [0.1, 0.15) is 19.8 Å². The highest BCUT2D eigenvalue weighted by Crippen LogP contribution is 2.27. The van der Waals surface area contributed by atoms with E-state index >= 15 is 0 Å². The maximum Gasteiger partial charge on any atom is 0.231 e. The Labute approximate surface area is 148 Å². The molecule has 0 spiro atoms. The minimum Gasteiger partial charge on any atom is -0.326 e. The van der Waals surface area contributed by atoms with Crippen molar-refractivity contribution in [1.29, 1.82) is 0 Å². The standard InChI is InChI=1S/C16H20N4O.2ClH/c1-16(6-3-7-17-11-16)15(21)19-13-4-2-5-14(10-13)20-9-8-18-12-20;;/h2,4-5,8-10,12,17H,3,6-7,11H2,1H3,(H,19,21);2*1H. The van der Waals surface area contributed by atoms with E-state index in [1.165, 1.54) is 0 Å². The summed E-state index contributed by atoms with van der Waals surface area (Å²) in [6, 6.07) is 7.80. The Morgan fingerprint density at radius 1 is 1.39 bits per heavy atom. The fourth-order valence-electron chi connectivity index (χ4n) is 2.69. The molecular formula is C16H22Cl2N4O. The number of aromatic nitrogens is 2. The summed E-state index contributed by atoms with van der Waals surface area (Å²) in [5.41, 5.74) is 1.47. The molecule has 23 heavy (non-hydrogen) atoms. The van der Waals surface area contributed by atoms with E-state index in [0.29, 0.717) is 0 Å². The monoisotopic (exact) mass is 356 g/mol. The minimum atomic E-state index is -0.330. The van der Waals surface area contributed by atoms with Crippen molar-refractivity contribution < 1.29 is 4.79 Å². The van der Waals surface area contributed by atoms with E-state index < -0.39 is 0 Å². The lowest BCUT2D eigenvalue weighted by Crippen LogP contribution is -2.46. The molecule has 0 saturated carbocycles. The molecule has 5 nitrogen and oxygen atoms in total. The molecule has 1 aliphatic rings. The third-order valence-electron chi connectivity index (χ3n) is 4.05. The molecule has 1 fully saturated rings. The lowest BCUT2D eigenvalue weighted by atomic mass is 9.82. The number of carbonyl (C=O) groups is 1. The number of benzene rings is 1. The van der Waals surface area contributed by atoms with Crippen LogP contribution in [0.25, 0.3) is 5.69 Å². The van der Waals surface area contributed by atoms with E-state index in [9.17, 15) is 4.79 Å². The van der Waals surface area contributed by atoms with Gasteiger partial charge >= 0.3 is 0 Å². The topological polar surface area (TPSA) is 59.0 Å². The van der Waals surface area contributed by atoms with Crippen LogP contribution in [0.5, 0.6) is 0 Å². The first-order chi connectivity index (χ1) is 10.2. The maximum absolute atomic E-state index is 12.5. The third kappa shape index (κ3) is 4.47. The van der Waals surface area contributed by atoms with E-state index in [1.54, 1.807) is 12.5 Å². The van der Waals surface area contributed by atoms with Crippen molar-refractivity contribution in [3.63, 3.8) is 0 Å². The zero-order chi connectivity index (χ0) is 14.7. The molecule has 1 aromatic heterocycles. The van der Waals surface area contributed by atoms with Gasteiger partial charge in [0.1, 0.15) is 0 Å². The third-order valence-corrected chi connectivity index (χ3v) is 4.05. The molecule has 1 saturated heterocycles. The summed E-state index contributed by atoms with van der Waals surface area (Å²) < 4.78 is 1.92. The molecule has 1 atom stereocenters. The summed E-state index contributed by atoms with van der Waals surface area (Å²) in [5.74, 6) is 0.0810. The van der Waals surface area contributed by atoms with Crippen molar-refractivity contribution in [3.8, 4) is 5.69 Å². The number of halogens is 2. The smallest absolute Gasteiger partial charge is 0.231 e. The van der Waals surface area contributed by atoms with Gasteiger partial charge < -0.3 is 15.2 Å². The van der Waals surface area contributed by atoms with Crippen LogP contribution >= 0.6 is 24.8 Å². The SMILES string of the molecule is CC1(C(=O)Nc2cccc(-n3ccnc3)c2)CCCNC1.Cl.Cl. The number of carbonyl (C=O) groups excluding carboxylic acids is 1. The van der Waals surface area contributed by atoms with E-state index in [-0.39, 0.29) is 36.1 Å². The first-order valence-electron chi connectivity index (χ1n) is 7.28. The highest BCUT2D eigenvalue weighted by Gasteiger charge is 2.34. The predicted molar refractivity (Wildman–Crippen MR) is 96.9 cm³/mol. The second-order valence-electron chi connectivity index (χ2n) is 5.82. The molecule has 0 aliphatic carbocycles. The van der Waals surface area contributed by atoms with Crippen molar-refractivity contribution in [2.75, 3.05) is 18.4 Å². The van der Waals surface area contributed by atoms with Gasteiger partial charge in [0.05, 0.1) is 11.7 Å². The lowest BCUT2D eigenvalue weighted by Gasteiger charge is -2.32. The fourth-order valence-corrected chi connectivity index (χ4v) is 2.69. The summed E-state index contributed by atoms with van der Waals surface area (Å²) >= 11 is 0. The fraction of sp³-hybridized carbons (Fsp3) is 0.375. The summed E-state index contributed by atoms with van der Waals surface area (Å²) in [7, 11) is 0. The Morgan fingerprint density at radius 3 is 2.87 bits per heavy atom. The average molecular weight is 357 g/mol. The second kappa shape index (κ2) is 8.34. The molecule has 1 amide bonds. The molecule has 2 heterocycles. The molecule has 126 valence electrons. The number of anilines is 1. The number of nitrogens with zero attached hydrogens (tertiary/aromatic N) is 2. The van der Waals surface area contributed by atoms with E-state index in [2.05, 4.69) is 15.6 Å². The number of nitrogens with one attached hydrogen (secondary N) is 2. The highest BCUT2D eigenvalue weighted by molar-refractivity contribution is 5.95. The number of imidazole rings is 1. The van der Waals surface area contributed by atoms with Crippen LogP contribution in [-0.4, -0.2) is 28.5 Å². The Hall–Kier alpha value is -1.56.